The highest BCUT2D eigenvalue weighted by atomic mass is 32.2. The summed E-state index contributed by atoms with van der Waals surface area (Å²) in [5, 5.41) is 3.37. The van der Waals surface area contributed by atoms with Gasteiger partial charge in [0.05, 0.1) is 10.6 Å². The predicted octanol–water partition coefficient (Wildman–Crippen LogP) is 3.28. The van der Waals surface area contributed by atoms with Crippen LogP contribution in [0.2, 0.25) is 0 Å². The molecule has 0 radical (unpaired) electrons. The number of hydrogen-bond acceptors (Lipinski definition) is 3. The number of hydrogen-bond donors (Lipinski definition) is 1. The van der Waals surface area contributed by atoms with E-state index in [1.165, 1.54) is 30.5 Å². The van der Waals surface area contributed by atoms with Crippen molar-refractivity contribution >= 4 is 26.6 Å². The number of fused-ring (bicyclic) bond motifs is 1. The van der Waals surface area contributed by atoms with E-state index in [1.54, 1.807) is 28.8 Å². The number of aromatic nitrogens is 1. The summed E-state index contributed by atoms with van der Waals surface area (Å²) in [4.78, 5) is 12.3. The molecule has 7 heteroatoms. The second-order valence-electron chi connectivity index (χ2n) is 6.75. The van der Waals surface area contributed by atoms with Crippen LogP contribution in [0.15, 0.2) is 59.6 Å². The summed E-state index contributed by atoms with van der Waals surface area (Å²) in [5.74, 6) is -0.836. The molecule has 1 heterocycles. The maximum Gasteiger partial charge on any atom is 0.240 e. The zero-order chi connectivity index (χ0) is 19.6. The predicted molar refractivity (Wildman–Crippen MR) is 103 cm³/mol. The minimum Gasteiger partial charge on any atom is -0.352 e. The first-order valence-electron chi connectivity index (χ1n) is 8.61. The van der Waals surface area contributed by atoms with Gasteiger partial charge in [-0.05, 0) is 37.6 Å². The number of para-hydroxylation sites is 1. The number of amides is 1. The summed E-state index contributed by atoms with van der Waals surface area (Å²) in [5.41, 5.74) is 1.18. The fourth-order valence-electron chi connectivity index (χ4n) is 2.99. The molecular weight excluding hydrogens is 367 g/mol. The van der Waals surface area contributed by atoms with Gasteiger partial charge in [0, 0.05) is 23.1 Å². The molecule has 0 bridgehead atoms. The number of sulfone groups is 1. The molecule has 2 aromatic carbocycles. The van der Waals surface area contributed by atoms with Crippen LogP contribution in [0.1, 0.15) is 19.4 Å². The Bertz CT molecular complexity index is 1070. The smallest absolute Gasteiger partial charge is 0.240 e. The van der Waals surface area contributed by atoms with Crippen LogP contribution in [-0.2, 0) is 26.9 Å². The number of carbonyl (C=O) groups excluding carboxylic acids is 1. The standard InChI is InChI=1S/C20H21FN2O3S/c1-14(2)22-20(24)12-23-11-19(17-5-3-4-6-18(17)23)27(25,26)13-15-7-9-16(21)10-8-15/h3-11,14H,12-13H2,1-2H3,(H,22,24). The summed E-state index contributed by atoms with van der Waals surface area (Å²) in [6, 6.07) is 12.5. The Kier molecular flexibility index (Phi) is 5.32. The van der Waals surface area contributed by atoms with E-state index in [4.69, 9.17) is 0 Å². The van der Waals surface area contributed by atoms with Crippen molar-refractivity contribution in [2.75, 3.05) is 0 Å². The minimum absolute atomic E-state index is 0.000931. The zero-order valence-electron chi connectivity index (χ0n) is 15.1. The lowest BCUT2D eigenvalue weighted by atomic mass is 10.2. The van der Waals surface area contributed by atoms with Gasteiger partial charge in [0.25, 0.3) is 0 Å². The molecule has 0 saturated heterocycles. The highest BCUT2D eigenvalue weighted by molar-refractivity contribution is 7.90. The van der Waals surface area contributed by atoms with Crippen LogP contribution in [0.25, 0.3) is 10.9 Å². The van der Waals surface area contributed by atoms with Crippen molar-refractivity contribution in [3.05, 3.63) is 66.1 Å². The Morgan fingerprint density at radius 1 is 1.11 bits per heavy atom. The lowest BCUT2D eigenvalue weighted by molar-refractivity contribution is -0.122. The fraction of sp³-hybridized carbons (Fsp3) is 0.250. The summed E-state index contributed by atoms with van der Waals surface area (Å²) in [6.45, 7) is 3.76. The van der Waals surface area contributed by atoms with Crippen molar-refractivity contribution in [2.24, 2.45) is 0 Å². The van der Waals surface area contributed by atoms with E-state index in [9.17, 15) is 17.6 Å². The van der Waals surface area contributed by atoms with Gasteiger partial charge in [0.15, 0.2) is 9.84 Å². The Balaban J connectivity index is 1.98. The minimum atomic E-state index is -3.67. The van der Waals surface area contributed by atoms with Gasteiger partial charge in [-0.1, -0.05) is 30.3 Å². The molecule has 142 valence electrons. The van der Waals surface area contributed by atoms with Gasteiger partial charge in [0.1, 0.15) is 12.4 Å². The molecule has 1 amide bonds. The quantitative estimate of drug-likeness (QED) is 0.705. The first-order chi connectivity index (χ1) is 12.8. The van der Waals surface area contributed by atoms with Gasteiger partial charge in [-0.15, -0.1) is 0 Å². The Hall–Kier alpha value is -2.67. The van der Waals surface area contributed by atoms with E-state index in [0.717, 1.165) is 0 Å². The van der Waals surface area contributed by atoms with Crippen molar-refractivity contribution in [1.29, 1.82) is 0 Å². The molecule has 0 unspecified atom stereocenters. The molecule has 0 fully saturated rings. The Morgan fingerprint density at radius 2 is 1.78 bits per heavy atom. The lowest BCUT2D eigenvalue weighted by Crippen LogP contribution is -2.32. The van der Waals surface area contributed by atoms with Crippen LogP contribution in [0.4, 0.5) is 4.39 Å². The van der Waals surface area contributed by atoms with E-state index in [0.29, 0.717) is 16.5 Å². The van der Waals surface area contributed by atoms with Gasteiger partial charge >= 0.3 is 0 Å². The first-order valence-corrected chi connectivity index (χ1v) is 10.3. The summed E-state index contributed by atoms with van der Waals surface area (Å²) in [6.07, 6.45) is 1.50. The van der Waals surface area contributed by atoms with Crippen molar-refractivity contribution in [1.82, 2.24) is 9.88 Å². The van der Waals surface area contributed by atoms with Gasteiger partial charge < -0.3 is 9.88 Å². The molecule has 1 aromatic heterocycles. The third-order valence-corrected chi connectivity index (χ3v) is 5.83. The SMILES string of the molecule is CC(C)NC(=O)Cn1cc(S(=O)(=O)Cc2ccc(F)cc2)c2ccccc21. The molecule has 0 aliphatic carbocycles. The topological polar surface area (TPSA) is 68.2 Å². The molecular formula is C20H21FN2O3S. The lowest BCUT2D eigenvalue weighted by Gasteiger charge is -2.09. The molecule has 27 heavy (non-hydrogen) atoms. The zero-order valence-corrected chi connectivity index (χ0v) is 16.0. The molecule has 0 aliphatic heterocycles. The average molecular weight is 388 g/mol. The maximum atomic E-state index is 13.1. The van der Waals surface area contributed by atoms with E-state index in [1.807, 2.05) is 13.8 Å². The van der Waals surface area contributed by atoms with Crippen molar-refractivity contribution in [2.45, 2.75) is 37.1 Å². The fourth-order valence-corrected chi connectivity index (χ4v) is 4.57. The third-order valence-electron chi connectivity index (χ3n) is 4.12. The second-order valence-corrected chi connectivity index (χ2v) is 8.70. The van der Waals surface area contributed by atoms with E-state index in [2.05, 4.69) is 5.32 Å². The number of rotatable bonds is 6. The van der Waals surface area contributed by atoms with Gasteiger partial charge in [-0.25, -0.2) is 12.8 Å². The molecule has 3 rings (SSSR count). The number of carbonyl (C=O) groups is 1. The molecule has 0 aliphatic rings. The largest absolute Gasteiger partial charge is 0.352 e. The van der Waals surface area contributed by atoms with Crippen LogP contribution < -0.4 is 5.32 Å². The molecule has 0 spiro atoms. The van der Waals surface area contributed by atoms with Crippen molar-refractivity contribution < 1.29 is 17.6 Å². The van der Waals surface area contributed by atoms with Crippen LogP contribution in [0.5, 0.6) is 0 Å². The maximum absolute atomic E-state index is 13.1. The molecule has 0 saturated carbocycles. The Labute approximate surface area is 157 Å². The Morgan fingerprint density at radius 3 is 2.44 bits per heavy atom. The number of nitrogens with one attached hydrogen (secondary N) is 1. The number of benzene rings is 2. The van der Waals surface area contributed by atoms with E-state index < -0.39 is 15.7 Å². The van der Waals surface area contributed by atoms with Crippen LogP contribution in [-0.4, -0.2) is 24.9 Å². The second kappa shape index (κ2) is 7.52. The van der Waals surface area contributed by atoms with Crippen LogP contribution in [0.3, 0.4) is 0 Å². The number of nitrogens with zero attached hydrogens (tertiary/aromatic N) is 1. The van der Waals surface area contributed by atoms with Crippen molar-refractivity contribution in [3.63, 3.8) is 0 Å². The first kappa shape index (κ1) is 19.1. The van der Waals surface area contributed by atoms with Gasteiger partial charge in [-0.2, -0.15) is 0 Å². The van der Waals surface area contributed by atoms with Crippen molar-refractivity contribution in [3.8, 4) is 0 Å². The van der Waals surface area contributed by atoms with E-state index in [-0.39, 0.29) is 29.1 Å². The summed E-state index contributed by atoms with van der Waals surface area (Å²) in [7, 11) is -3.67. The van der Waals surface area contributed by atoms with Gasteiger partial charge in [-0.3, -0.25) is 4.79 Å². The van der Waals surface area contributed by atoms with Crippen LogP contribution >= 0.6 is 0 Å². The summed E-state index contributed by atoms with van der Waals surface area (Å²) >= 11 is 0. The van der Waals surface area contributed by atoms with Gasteiger partial charge in [0.2, 0.25) is 5.91 Å². The monoisotopic (exact) mass is 388 g/mol. The van der Waals surface area contributed by atoms with Crippen LogP contribution in [0, 0.1) is 5.82 Å². The molecule has 5 nitrogen and oxygen atoms in total. The highest BCUT2D eigenvalue weighted by Gasteiger charge is 2.22. The van der Waals surface area contributed by atoms with E-state index >= 15 is 0 Å². The summed E-state index contributed by atoms with van der Waals surface area (Å²) < 4.78 is 40.7. The highest BCUT2D eigenvalue weighted by Crippen LogP contribution is 2.28. The third kappa shape index (κ3) is 4.36. The molecule has 3 aromatic rings. The normalized spacial score (nSPS) is 11.9. The number of halogens is 1. The average Bonchev–Trinajstić information content (AvgIpc) is 2.96. The molecule has 1 N–H and O–H groups in total. The molecule has 0 atom stereocenters.